The van der Waals surface area contributed by atoms with Crippen molar-refractivity contribution in [2.45, 2.75) is 83.6 Å². The maximum Gasteiger partial charge on any atom is 3.00 e. The molecule has 1 aromatic heterocycles. The first-order valence-electron chi connectivity index (χ1n) is 21.5. The summed E-state index contributed by atoms with van der Waals surface area (Å²) in [5.74, 6) is 0.869. The Kier molecular flexibility index (Phi) is 12.2. The van der Waals surface area contributed by atoms with Gasteiger partial charge in [-0.25, -0.2) is 0 Å². The molecule has 2 aliphatic carbocycles. The SMILES string of the molecule is CC1(C)c2c[c-]c(C3[N-]c4ccccc4N3c3ccc(-c4ccccc4)cc3)cc2-c2ccccc21.C[Si](C)(C)c1cnc(-c2[c-]cccc2)cc1CC1CCCCC1.[Ir+3]. The quantitative estimate of drug-likeness (QED) is 0.118. The van der Waals surface area contributed by atoms with Gasteiger partial charge in [-0.05, 0) is 75.3 Å². The summed E-state index contributed by atoms with van der Waals surface area (Å²) in [4.78, 5) is 7.11. The number of fused-ring (bicyclic) bond motifs is 4. The molecule has 60 heavy (non-hydrogen) atoms. The van der Waals surface area contributed by atoms with Crippen LogP contribution in [-0.2, 0) is 31.9 Å². The molecule has 0 spiro atoms. The van der Waals surface area contributed by atoms with Crippen molar-refractivity contribution in [3.63, 3.8) is 0 Å². The zero-order valence-corrected chi connectivity index (χ0v) is 38.9. The molecule has 7 aromatic rings. The van der Waals surface area contributed by atoms with E-state index in [1.807, 2.05) is 12.1 Å². The van der Waals surface area contributed by atoms with Crippen LogP contribution in [0, 0.1) is 18.1 Å². The fraction of sp³-hybridized carbons (Fsp3) is 0.255. The molecule has 0 N–H and O–H groups in total. The second-order valence-corrected chi connectivity index (χ2v) is 23.2. The van der Waals surface area contributed by atoms with Gasteiger partial charge in [0.05, 0.1) is 8.07 Å². The molecule has 6 aromatic carbocycles. The van der Waals surface area contributed by atoms with Crippen molar-refractivity contribution >= 4 is 30.3 Å². The summed E-state index contributed by atoms with van der Waals surface area (Å²) < 4.78 is 0. The van der Waals surface area contributed by atoms with E-state index >= 15 is 0 Å². The van der Waals surface area contributed by atoms with Crippen LogP contribution in [0.15, 0.2) is 152 Å². The minimum Gasteiger partial charge on any atom is -0.661 e. The minimum absolute atomic E-state index is 0. The van der Waals surface area contributed by atoms with Gasteiger partial charge < -0.3 is 15.2 Å². The summed E-state index contributed by atoms with van der Waals surface area (Å²) >= 11 is 0. The molecular formula is C55H54IrN3Si. The maximum absolute atomic E-state index is 5.17. The molecule has 0 radical (unpaired) electrons. The summed E-state index contributed by atoms with van der Waals surface area (Å²) in [6, 6.07) is 58.5. The van der Waals surface area contributed by atoms with Crippen molar-refractivity contribution in [1.29, 1.82) is 0 Å². The molecule has 3 aliphatic rings. The van der Waals surface area contributed by atoms with E-state index in [0.717, 1.165) is 39.8 Å². The smallest absolute Gasteiger partial charge is 0.661 e. The number of hydrogen-bond acceptors (Lipinski definition) is 2. The second-order valence-electron chi connectivity index (χ2n) is 18.1. The Morgan fingerprint density at radius 3 is 2.17 bits per heavy atom. The molecule has 5 heteroatoms. The van der Waals surface area contributed by atoms with Crippen LogP contribution in [0.4, 0.5) is 17.1 Å². The molecule has 3 nitrogen and oxygen atoms in total. The van der Waals surface area contributed by atoms with E-state index in [2.05, 4.69) is 190 Å². The Bertz CT molecular complexity index is 2560. The van der Waals surface area contributed by atoms with Crippen molar-refractivity contribution < 1.29 is 20.1 Å². The van der Waals surface area contributed by atoms with Crippen molar-refractivity contribution in [3.05, 3.63) is 191 Å². The third-order valence-corrected chi connectivity index (χ3v) is 14.8. The maximum atomic E-state index is 5.17. The van der Waals surface area contributed by atoms with Crippen LogP contribution in [0.5, 0.6) is 0 Å². The zero-order chi connectivity index (χ0) is 40.6. The largest absolute Gasteiger partial charge is 3.00 e. The van der Waals surface area contributed by atoms with Gasteiger partial charge >= 0.3 is 20.1 Å². The number of rotatable bonds is 7. The standard InChI is InChI=1S/C34H26N2.C21H28NSi.Ir/c1-34(2)29-13-7-6-12-27(29)28-22-25(18-21-30(28)34)33-35-31-14-8-9-15-32(31)36(33)26-19-16-24(17-20-26)23-10-4-3-5-11-23;1-23(2,3)21-16-22-20(18-12-8-5-9-13-18)15-19(21)14-17-10-6-4-7-11-17;/h3-17,19-22,33H,1-2H3;5,8-9,12,15-17H,4,6-7,10-11,14H2,1-3H3;/q-2;-1;+3. The average molecular weight is 977 g/mol. The average Bonchev–Trinajstić information content (AvgIpc) is 3.77. The fourth-order valence-electron chi connectivity index (χ4n) is 9.58. The minimum atomic E-state index is -1.36. The monoisotopic (exact) mass is 977 g/mol. The molecule has 1 atom stereocenters. The Morgan fingerprint density at radius 2 is 1.42 bits per heavy atom. The van der Waals surface area contributed by atoms with Crippen LogP contribution in [0.25, 0.3) is 38.8 Å². The first-order chi connectivity index (χ1) is 28.6. The first-order valence-corrected chi connectivity index (χ1v) is 25.0. The summed E-state index contributed by atoms with van der Waals surface area (Å²) in [7, 11) is -1.36. The number of para-hydroxylation sites is 2. The predicted octanol–water partition coefficient (Wildman–Crippen LogP) is 14.5. The molecular weight excluding hydrogens is 923 g/mol. The van der Waals surface area contributed by atoms with Gasteiger partial charge in [0.25, 0.3) is 0 Å². The summed E-state index contributed by atoms with van der Waals surface area (Å²) in [5, 5.41) is 6.72. The summed E-state index contributed by atoms with van der Waals surface area (Å²) in [6.45, 7) is 11.9. The normalized spacial score (nSPS) is 16.4. The van der Waals surface area contributed by atoms with E-state index in [0.29, 0.717) is 0 Å². The van der Waals surface area contributed by atoms with Crippen LogP contribution >= 0.6 is 0 Å². The predicted molar refractivity (Wildman–Crippen MR) is 251 cm³/mol. The Morgan fingerprint density at radius 1 is 0.717 bits per heavy atom. The molecule has 0 saturated heterocycles. The van der Waals surface area contributed by atoms with Gasteiger partial charge in [-0.3, -0.25) is 0 Å². The van der Waals surface area contributed by atoms with Crippen LogP contribution in [-0.4, -0.2) is 13.1 Å². The van der Waals surface area contributed by atoms with Crippen LogP contribution in [0.2, 0.25) is 19.6 Å². The van der Waals surface area contributed by atoms with Gasteiger partial charge in [-0.1, -0.05) is 162 Å². The van der Waals surface area contributed by atoms with Gasteiger partial charge in [-0.2, -0.15) is 23.8 Å². The van der Waals surface area contributed by atoms with Gasteiger partial charge in [0.2, 0.25) is 0 Å². The van der Waals surface area contributed by atoms with Gasteiger partial charge in [0.1, 0.15) is 0 Å². The second kappa shape index (κ2) is 17.5. The van der Waals surface area contributed by atoms with E-state index in [-0.39, 0.29) is 31.7 Å². The molecule has 2 heterocycles. The molecule has 0 amide bonds. The van der Waals surface area contributed by atoms with Gasteiger partial charge in [0.15, 0.2) is 0 Å². The number of hydrogen-bond donors (Lipinski definition) is 0. The fourth-order valence-corrected chi connectivity index (χ4v) is 11.2. The number of benzene rings is 6. The van der Waals surface area contributed by atoms with Crippen LogP contribution in [0.1, 0.15) is 74.4 Å². The van der Waals surface area contributed by atoms with E-state index in [1.165, 1.54) is 71.9 Å². The van der Waals surface area contributed by atoms with E-state index < -0.39 is 8.07 Å². The number of pyridine rings is 1. The van der Waals surface area contributed by atoms with E-state index in [9.17, 15) is 0 Å². The molecule has 10 rings (SSSR count). The van der Waals surface area contributed by atoms with Gasteiger partial charge in [0, 0.05) is 17.6 Å². The van der Waals surface area contributed by atoms with E-state index in [1.54, 1.807) is 10.8 Å². The third-order valence-electron chi connectivity index (χ3n) is 12.7. The summed E-state index contributed by atoms with van der Waals surface area (Å²) in [6.07, 6.45) is 10.3. The Labute approximate surface area is 372 Å². The van der Waals surface area contributed by atoms with E-state index in [4.69, 9.17) is 10.3 Å². The summed E-state index contributed by atoms with van der Waals surface area (Å²) in [5.41, 5.74) is 15.9. The van der Waals surface area contributed by atoms with Crippen molar-refractivity contribution in [1.82, 2.24) is 4.98 Å². The molecule has 0 bridgehead atoms. The number of anilines is 2. The first kappa shape index (κ1) is 41.7. The molecule has 1 unspecified atom stereocenters. The van der Waals surface area contributed by atoms with Crippen molar-refractivity contribution in [2.24, 2.45) is 5.92 Å². The van der Waals surface area contributed by atoms with Crippen LogP contribution < -0.4 is 10.1 Å². The topological polar surface area (TPSA) is 30.2 Å². The molecule has 1 saturated carbocycles. The van der Waals surface area contributed by atoms with Gasteiger partial charge in [-0.15, -0.1) is 52.7 Å². The molecule has 1 fully saturated rings. The number of nitrogens with zero attached hydrogens (tertiary/aromatic N) is 3. The molecule has 302 valence electrons. The Hall–Kier alpha value is -5.06. The van der Waals surface area contributed by atoms with Crippen molar-refractivity contribution in [3.8, 4) is 33.5 Å². The number of aromatic nitrogens is 1. The zero-order valence-electron chi connectivity index (χ0n) is 35.5. The van der Waals surface area contributed by atoms with Crippen molar-refractivity contribution in [2.75, 3.05) is 4.90 Å². The Balaban J connectivity index is 0.000000181. The molecule has 1 aliphatic heterocycles. The third kappa shape index (κ3) is 8.33. The van der Waals surface area contributed by atoms with Crippen LogP contribution in [0.3, 0.4) is 0 Å².